The second-order valence-corrected chi connectivity index (χ2v) is 6.64. The molecule has 1 aliphatic rings. The number of hydrogen-bond donors (Lipinski definition) is 0. The molecule has 0 aromatic carbocycles. The molecule has 3 rings (SSSR count). The fraction of sp³-hybridized carbons (Fsp3) is 0.474. The molecule has 1 atom stereocenters. The van der Waals surface area contributed by atoms with Crippen LogP contribution in [0.5, 0.6) is 0 Å². The Labute approximate surface area is 158 Å². The lowest BCUT2D eigenvalue weighted by atomic mass is 10.1. The van der Waals surface area contributed by atoms with Crippen molar-refractivity contribution in [3.05, 3.63) is 47.1 Å². The molecule has 0 spiro atoms. The van der Waals surface area contributed by atoms with Gasteiger partial charge in [0.15, 0.2) is 6.10 Å². The maximum atomic E-state index is 12.8. The summed E-state index contributed by atoms with van der Waals surface area (Å²) in [6.45, 7) is 4.95. The van der Waals surface area contributed by atoms with E-state index in [1.807, 2.05) is 18.2 Å². The Kier molecular flexibility index (Phi) is 5.85. The van der Waals surface area contributed by atoms with Crippen molar-refractivity contribution in [1.29, 1.82) is 0 Å². The number of ether oxygens (including phenoxy) is 1. The molecular weight excluding hydrogens is 348 g/mol. The predicted molar refractivity (Wildman–Crippen MR) is 97.2 cm³/mol. The molecule has 27 heavy (non-hydrogen) atoms. The molecule has 0 radical (unpaired) electrons. The van der Waals surface area contributed by atoms with Crippen LogP contribution in [0.15, 0.2) is 28.9 Å². The van der Waals surface area contributed by atoms with E-state index in [1.165, 1.54) is 0 Å². The highest BCUT2D eigenvalue weighted by Gasteiger charge is 2.33. The standard InChI is InChI=1S/C19H24N4O4/c1-13-17(14(2)27-21-13)19(25)23-10-11-26-16(12-23)18(24)22(3)9-7-15-6-4-5-8-20-15/h4-6,8,16H,7,9-12H2,1-3H3. The Morgan fingerprint density at radius 3 is 2.81 bits per heavy atom. The molecule has 1 aliphatic heterocycles. The molecule has 144 valence electrons. The second-order valence-electron chi connectivity index (χ2n) is 6.64. The summed E-state index contributed by atoms with van der Waals surface area (Å²) in [5.74, 6) is 0.171. The number of carbonyl (C=O) groups is 2. The zero-order chi connectivity index (χ0) is 19.4. The Bertz CT molecular complexity index is 786. The summed E-state index contributed by atoms with van der Waals surface area (Å²) in [6, 6.07) is 5.71. The third-order valence-corrected chi connectivity index (χ3v) is 4.68. The molecule has 1 unspecified atom stereocenters. The molecular formula is C19H24N4O4. The van der Waals surface area contributed by atoms with Crippen molar-refractivity contribution in [3.8, 4) is 0 Å². The number of pyridine rings is 1. The number of carbonyl (C=O) groups excluding carboxylic acids is 2. The van der Waals surface area contributed by atoms with Crippen LogP contribution in [0.3, 0.4) is 0 Å². The third kappa shape index (κ3) is 4.33. The Morgan fingerprint density at radius 2 is 2.15 bits per heavy atom. The van der Waals surface area contributed by atoms with E-state index in [2.05, 4.69) is 10.1 Å². The average molecular weight is 372 g/mol. The summed E-state index contributed by atoms with van der Waals surface area (Å²) >= 11 is 0. The number of aryl methyl sites for hydroxylation is 2. The van der Waals surface area contributed by atoms with Crippen LogP contribution in [0.25, 0.3) is 0 Å². The number of hydrogen-bond acceptors (Lipinski definition) is 6. The largest absolute Gasteiger partial charge is 0.365 e. The Morgan fingerprint density at radius 1 is 1.33 bits per heavy atom. The van der Waals surface area contributed by atoms with Crippen molar-refractivity contribution in [3.63, 3.8) is 0 Å². The van der Waals surface area contributed by atoms with E-state index in [-0.39, 0.29) is 18.4 Å². The van der Waals surface area contributed by atoms with E-state index in [1.54, 1.807) is 36.9 Å². The first-order valence-electron chi connectivity index (χ1n) is 8.96. The molecule has 0 N–H and O–H groups in total. The molecule has 2 aromatic rings. The van der Waals surface area contributed by atoms with Crippen molar-refractivity contribution in [2.24, 2.45) is 0 Å². The molecule has 8 heteroatoms. The predicted octanol–water partition coefficient (Wildman–Crippen LogP) is 1.23. The van der Waals surface area contributed by atoms with Crippen molar-refractivity contribution in [2.45, 2.75) is 26.4 Å². The number of amides is 2. The number of aromatic nitrogens is 2. The third-order valence-electron chi connectivity index (χ3n) is 4.68. The molecule has 3 heterocycles. The Hall–Kier alpha value is -2.74. The quantitative estimate of drug-likeness (QED) is 0.784. The van der Waals surface area contributed by atoms with Crippen LogP contribution in [-0.4, -0.2) is 71.1 Å². The first kappa shape index (κ1) is 19.0. The van der Waals surface area contributed by atoms with E-state index in [4.69, 9.17) is 9.26 Å². The molecule has 8 nitrogen and oxygen atoms in total. The molecule has 0 aliphatic carbocycles. The van der Waals surface area contributed by atoms with Gasteiger partial charge in [-0.2, -0.15) is 0 Å². The highest BCUT2D eigenvalue weighted by atomic mass is 16.5. The van der Waals surface area contributed by atoms with E-state index < -0.39 is 6.10 Å². The van der Waals surface area contributed by atoms with Crippen molar-refractivity contribution >= 4 is 11.8 Å². The van der Waals surface area contributed by atoms with Gasteiger partial charge in [0.25, 0.3) is 11.8 Å². The zero-order valence-corrected chi connectivity index (χ0v) is 15.8. The van der Waals surface area contributed by atoms with E-state index in [0.29, 0.717) is 43.1 Å². The van der Waals surface area contributed by atoms with Crippen LogP contribution in [0.2, 0.25) is 0 Å². The summed E-state index contributed by atoms with van der Waals surface area (Å²) in [6.07, 6.45) is 1.73. The monoisotopic (exact) mass is 372 g/mol. The molecule has 0 bridgehead atoms. The first-order chi connectivity index (χ1) is 13.0. The smallest absolute Gasteiger partial charge is 0.259 e. The zero-order valence-electron chi connectivity index (χ0n) is 15.8. The highest BCUT2D eigenvalue weighted by molar-refractivity contribution is 5.96. The summed E-state index contributed by atoms with van der Waals surface area (Å²) < 4.78 is 10.7. The van der Waals surface area contributed by atoms with Gasteiger partial charge in [-0.25, -0.2) is 0 Å². The van der Waals surface area contributed by atoms with Gasteiger partial charge >= 0.3 is 0 Å². The fourth-order valence-electron chi connectivity index (χ4n) is 3.11. The van der Waals surface area contributed by atoms with Crippen LogP contribution < -0.4 is 0 Å². The van der Waals surface area contributed by atoms with Gasteiger partial charge in [0.1, 0.15) is 11.3 Å². The highest BCUT2D eigenvalue weighted by Crippen LogP contribution is 2.18. The maximum absolute atomic E-state index is 12.8. The lowest BCUT2D eigenvalue weighted by molar-refractivity contribution is -0.146. The van der Waals surface area contributed by atoms with Crippen LogP contribution in [0.4, 0.5) is 0 Å². The van der Waals surface area contributed by atoms with Crippen LogP contribution in [0.1, 0.15) is 27.5 Å². The molecule has 1 fully saturated rings. The van der Waals surface area contributed by atoms with Crippen molar-refractivity contribution in [2.75, 3.05) is 33.3 Å². The van der Waals surface area contributed by atoms with Gasteiger partial charge < -0.3 is 19.1 Å². The van der Waals surface area contributed by atoms with Crippen LogP contribution in [0, 0.1) is 13.8 Å². The van der Waals surface area contributed by atoms with Gasteiger partial charge in [-0.1, -0.05) is 11.2 Å². The van der Waals surface area contributed by atoms with Crippen LogP contribution >= 0.6 is 0 Å². The van der Waals surface area contributed by atoms with Crippen LogP contribution in [-0.2, 0) is 16.0 Å². The number of nitrogens with zero attached hydrogens (tertiary/aromatic N) is 4. The normalized spacial score (nSPS) is 17.0. The van der Waals surface area contributed by atoms with Gasteiger partial charge in [-0.15, -0.1) is 0 Å². The number of rotatable bonds is 5. The molecule has 0 saturated carbocycles. The van der Waals surface area contributed by atoms with Gasteiger partial charge in [-0.05, 0) is 26.0 Å². The Balaban J connectivity index is 1.60. The summed E-state index contributed by atoms with van der Waals surface area (Å²) in [4.78, 5) is 33.0. The SMILES string of the molecule is Cc1noc(C)c1C(=O)N1CCOC(C(=O)N(C)CCc2ccccn2)C1. The topological polar surface area (TPSA) is 88.8 Å². The van der Waals surface area contributed by atoms with Crippen molar-refractivity contribution in [1.82, 2.24) is 19.9 Å². The van der Waals surface area contributed by atoms with Gasteiger partial charge in [0, 0.05) is 38.4 Å². The summed E-state index contributed by atoms with van der Waals surface area (Å²) in [5.41, 5.74) is 1.95. The summed E-state index contributed by atoms with van der Waals surface area (Å²) in [7, 11) is 1.74. The van der Waals surface area contributed by atoms with Gasteiger partial charge in [0.2, 0.25) is 0 Å². The van der Waals surface area contributed by atoms with Gasteiger partial charge in [0.05, 0.1) is 18.8 Å². The minimum absolute atomic E-state index is 0.137. The lowest BCUT2D eigenvalue weighted by Gasteiger charge is -2.34. The van der Waals surface area contributed by atoms with Crippen molar-refractivity contribution < 1.29 is 18.8 Å². The van der Waals surface area contributed by atoms with E-state index >= 15 is 0 Å². The summed E-state index contributed by atoms with van der Waals surface area (Å²) in [5, 5.41) is 3.83. The lowest BCUT2D eigenvalue weighted by Crippen LogP contribution is -2.52. The first-order valence-corrected chi connectivity index (χ1v) is 8.96. The molecule has 1 saturated heterocycles. The minimum Gasteiger partial charge on any atom is -0.365 e. The molecule has 2 aromatic heterocycles. The molecule has 2 amide bonds. The second kappa shape index (κ2) is 8.30. The number of morpholine rings is 1. The fourth-order valence-corrected chi connectivity index (χ4v) is 3.11. The average Bonchev–Trinajstić information content (AvgIpc) is 3.04. The minimum atomic E-state index is -0.670. The number of likely N-dealkylation sites (N-methyl/N-ethyl adjacent to an activating group) is 1. The van der Waals surface area contributed by atoms with E-state index in [9.17, 15) is 9.59 Å². The van der Waals surface area contributed by atoms with Gasteiger partial charge in [-0.3, -0.25) is 14.6 Å². The van der Waals surface area contributed by atoms with E-state index in [0.717, 1.165) is 5.69 Å². The maximum Gasteiger partial charge on any atom is 0.259 e.